The van der Waals surface area contributed by atoms with Gasteiger partial charge < -0.3 is 4.74 Å². The zero-order chi connectivity index (χ0) is 15.8. The molecule has 1 N–H and O–H groups in total. The molecule has 0 radical (unpaired) electrons. The number of hydrogen-bond donors (Lipinski definition) is 1. The van der Waals surface area contributed by atoms with Gasteiger partial charge in [-0.1, -0.05) is 13.0 Å². The first kappa shape index (κ1) is 16.2. The van der Waals surface area contributed by atoms with Crippen LogP contribution in [0, 0.1) is 0 Å². The summed E-state index contributed by atoms with van der Waals surface area (Å²) in [4.78, 5) is 12.8. The van der Waals surface area contributed by atoms with Crippen LogP contribution in [0.4, 0.5) is 0 Å². The molecule has 116 valence electrons. The van der Waals surface area contributed by atoms with E-state index in [4.69, 9.17) is 4.74 Å². The van der Waals surface area contributed by atoms with E-state index in [-0.39, 0.29) is 5.91 Å². The van der Waals surface area contributed by atoms with Crippen LogP contribution in [0.3, 0.4) is 0 Å². The molecule has 0 bridgehead atoms. The fourth-order valence-electron chi connectivity index (χ4n) is 1.83. The van der Waals surface area contributed by atoms with E-state index in [1.54, 1.807) is 11.3 Å². The van der Waals surface area contributed by atoms with Gasteiger partial charge in [0, 0.05) is 4.88 Å². The van der Waals surface area contributed by atoms with Crippen LogP contribution < -0.4 is 10.2 Å². The van der Waals surface area contributed by atoms with Crippen LogP contribution in [-0.2, 0) is 11.2 Å². The Hall–Kier alpha value is -2.14. The molecule has 2 rings (SSSR count). The molecular weight excluding hydrogens is 296 g/mol. The van der Waals surface area contributed by atoms with Gasteiger partial charge in [0.1, 0.15) is 5.75 Å². The molecule has 0 atom stereocenters. The van der Waals surface area contributed by atoms with Crippen molar-refractivity contribution in [3.8, 4) is 5.75 Å². The molecular formula is C17H20N2O2S. The molecule has 0 unspecified atom stereocenters. The molecule has 1 amide bonds. The van der Waals surface area contributed by atoms with Crippen molar-refractivity contribution in [3.05, 3.63) is 52.2 Å². The summed E-state index contributed by atoms with van der Waals surface area (Å²) in [5.74, 6) is 0.741. The van der Waals surface area contributed by atoms with Gasteiger partial charge in [-0.2, -0.15) is 5.10 Å². The standard InChI is InChI=1S/C17H20N2O2S/c1-3-10-21-15-8-6-14(7-9-15)13(2)18-19-17(20)12-16-5-4-11-22-16/h4-9,11H,3,10,12H2,1-2H3,(H,19,20)/b18-13-. The van der Waals surface area contributed by atoms with Crippen LogP contribution in [0.1, 0.15) is 30.7 Å². The second kappa shape index (κ2) is 8.34. The number of benzene rings is 1. The Bertz CT molecular complexity index is 619. The van der Waals surface area contributed by atoms with E-state index >= 15 is 0 Å². The van der Waals surface area contributed by atoms with Crippen molar-refractivity contribution in [2.75, 3.05) is 6.61 Å². The van der Waals surface area contributed by atoms with E-state index in [1.807, 2.05) is 48.7 Å². The third-order valence-corrected chi connectivity index (χ3v) is 3.88. The highest BCUT2D eigenvalue weighted by atomic mass is 32.1. The molecule has 0 aliphatic heterocycles. The summed E-state index contributed by atoms with van der Waals surface area (Å²) >= 11 is 1.57. The summed E-state index contributed by atoms with van der Waals surface area (Å²) in [5, 5.41) is 6.11. The summed E-state index contributed by atoms with van der Waals surface area (Å²) in [6.07, 6.45) is 1.34. The average Bonchev–Trinajstić information content (AvgIpc) is 3.04. The molecule has 2 aromatic rings. The first-order valence-corrected chi connectivity index (χ1v) is 8.15. The maximum absolute atomic E-state index is 11.8. The predicted molar refractivity (Wildman–Crippen MR) is 90.6 cm³/mol. The molecule has 0 saturated heterocycles. The van der Waals surface area contributed by atoms with Crippen molar-refractivity contribution in [2.24, 2.45) is 5.10 Å². The number of amides is 1. The van der Waals surface area contributed by atoms with Gasteiger partial charge >= 0.3 is 0 Å². The van der Waals surface area contributed by atoms with E-state index in [0.717, 1.165) is 28.3 Å². The minimum atomic E-state index is -0.107. The van der Waals surface area contributed by atoms with Crippen molar-refractivity contribution in [1.82, 2.24) is 5.43 Å². The summed E-state index contributed by atoms with van der Waals surface area (Å²) in [7, 11) is 0. The lowest BCUT2D eigenvalue weighted by molar-refractivity contribution is -0.120. The quantitative estimate of drug-likeness (QED) is 0.626. The summed E-state index contributed by atoms with van der Waals surface area (Å²) in [5.41, 5.74) is 4.32. The van der Waals surface area contributed by atoms with Crippen LogP contribution in [0.2, 0.25) is 0 Å². The second-order valence-electron chi connectivity index (χ2n) is 4.86. The third-order valence-electron chi connectivity index (χ3n) is 3.01. The molecule has 0 fully saturated rings. The molecule has 4 nitrogen and oxygen atoms in total. The lowest BCUT2D eigenvalue weighted by atomic mass is 10.1. The maximum atomic E-state index is 11.8. The Morgan fingerprint density at radius 2 is 2.05 bits per heavy atom. The van der Waals surface area contributed by atoms with E-state index in [1.165, 1.54) is 0 Å². The fourth-order valence-corrected chi connectivity index (χ4v) is 2.54. The number of ether oxygens (including phenoxy) is 1. The highest BCUT2D eigenvalue weighted by Gasteiger charge is 2.04. The lowest BCUT2D eigenvalue weighted by Gasteiger charge is -2.06. The van der Waals surface area contributed by atoms with Gasteiger partial charge in [-0.05, 0) is 54.6 Å². The number of nitrogens with zero attached hydrogens (tertiary/aromatic N) is 1. The molecule has 1 heterocycles. The summed E-state index contributed by atoms with van der Waals surface area (Å²) in [6, 6.07) is 11.6. The third kappa shape index (κ3) is 5.00. The van der Waals surface area contributed by atoms with Gasteiger partial charge in [0.05, 0.1) is 18.7 Å². The topological polar surface area (TPSA) is 50.7 Å². The van der Waals surface area contributed by atoms with E-state index < -0.39 is 0 Å². The number of thiophene rings is 1. The zero-order valence-corrected chi connectivity index (χ0v) is 13.7. The molecule has 0 spiro atoms. The number of hydrazone groups is 1. The van der Waals surface area contributed by atoms with Crippen molar-refractivity contribution < 1.29 is 9.53 Å². The Morgan fingerprint density at radius 1 is 1.27 bits per heavy atom. The lowest BCUT2D eigenvalue weighted by Crippen LogP contribution is -2.20. The smallest absolute Gasteiger partial charge is 0.245 e. The maximum Gasteiger partial charge on any atom is 0.245 e. The average molecular weight is 316 g/mol. The van der Waals surface area contributed by atoms with Gasteiger partial charge in [0.15, 0.2) is 0 Å². The number of carbonyl (C=O) groups is 1. The molecule has 1 aromatic heterocycles. The van der Waals surface area contributed by atoms with Gasteiger partial charge in [-0.15, -0.1) is 11.3 Å². The Kier molecular flexibility index (Phi) is 6.15. The Balaban J connectivity index is 1.89. The van der Waals surface area contributed by atoms with E-state index in [9.17, 15) is 4.79 Å². The summed E-state index contributed by atoms with van der Waals surface area (Å²) in [6.45, 7) is 4.66. The molecule has 0 aliphatic carbocycles. The Morgan fingerprint density at radius 3 is 2.68 bits per heavy atom. The monoisotopic (exact) mass is 316 g/mol. The van der Waals surface area contributed by atoms with Crippen LogP contribution in [0.15, 0.2) is 46.9 Å². The van der Waals surface area contributed by atoms with Crippen LogP contribution in [0.25, 0.3) is 0 Å². The van der Waals surface area contributed by atoms with Gasteiger partial charge in [-0.3, -0.25) is 4.79 Å². The highest BCUT2D eigenvalue weighted by molar-refractivity contribution is 7.10. The molecule has 0 aliphatic rings. The van der Waals surface area contributed by atoms with Crippen molar-refractivity contribution in [2.45, 2.75) is 26.7 Å². The highest BCUT2D eigenvalue weighted by Crippen LogP contribution is 2.13. The van der Waals surface area contributed by atoms with Gasteiger partial charge in [0.2, 0.25) is 5.91 Å². The van der Waals surface area contributed by atoms with Crippen LogP contribution >= 0.6 is 11.3 Å². The molecule has 0 saturated carbocycles. The molecule has 22 heavy (non-hydrogen) atoms. The van der Waals surface area contributed by atoms with Crippen molar-refractivity contribution in [3.63, 3.8) is 0 Å². The van der Waals surface area contributed by atoms with Gasteiger partial charge in [-0.25, -0.2) is 5.43 Å². The summed E-state index contributed by atoms with van der Waals surface area (Å²) < 4.78 is 5.54. The number of carbonyl (C=O) groups excluding carboxylic acids is 1. The Labute approximate surface area is 134 Å². The first-order chi connectivity index (χ1) is 10.7. The van der Waals surface area contributed by atoms with E-state index in [0.29, 0.717) is 13.0 Å². The minimum absolute atomic E-state index is 0.107. The normalized spacial score (nSPS) is 11.3. The number of nitrogens with one attached hydrogen (secondary N) is 1. The first-order valence-electron chi connectivity index (χ1n) is 7.27. The molecule has 1 aromatic carbocycles. The van der Waals surface area contributed by atoms with Crippen LogP contribution in [0.5, 0.6) is 5.75 Å². The van der Waals surface area contributed by atoms with Crippen molar-refractivity contribution in [1.29, 1.82) is 0 Å². The largest absolute Gasteiger partial charge is 0.494 e. The minimum Gasteiger partial charge on any atom is -0.494 e. The van der Waals surface area contributed by atoms with Gasteiger partial charge in [0.25, 0.3) is 0 Å². The molecule has 5 heteroatoms. The van der Waals surface area contributed by atoms with Crippen molar-refractivity contribution >= 4 is 23.0 Å². The predicted octanol–water partition coefficient (Wildman–Crippen LogP) is 3.62. The number of hydrogen-bond acceptors (Lipinski definition) is 4. The second-order valence-corrected chi connectivity index (χ2v) is 5.89. The fraction of sp³-hybridized carbons (Fsp3) is 0.294. The zero-order valence-electron chi connectivity index (χ0n) is 12.8. The van der Waals surface area contributed by atoms with Crippen LogP contribution in [-0.4, -0.2) is 18.2 Å². The number of rotatable bonds is 7. The van der Waals surface area contributed by atoms with E-state index in [2.05, 4.69) is 17.5 Å². The SMILES string of the molecule is CCCOc1ccc(/C(C)=N\NC(=O)Cc2cccs2)cc1.